The molecule has 1 saturated carbocycles. The van der Waals surface area contributed by atoms with Gasteiger partial charge < -0.3 is 10.2 Å². The first-order chi connectivity index (χ1) is 9.20. The number of piperazine rings is 1. The number of carbonyl (C=O) groups is 2. The molecule has 1 N–H and O–H groups in total. The van der Waals surface area contributed by atoms with Crippen LogP contribution in [0.3, 0.4) is 0 Å². The molecular weight excluding hydrogens is 240 g/mol. The quantitative estimate of drug-likeness (QED) is 0.788. The summed E-state index contributed by atoms with van der Waals surface area (Å²) in [5.41, 5.74) is 0.901. The molecule has 1 heterocycles. The zero-order valence-electron chi connectivity index (χ0n) is 11.4. The molecule has 0 aromatic rings. The van der Waals surface area contributed by atoms with Gasteiger partial charge in [0.2, 0.25) is 11.8 Å². The van der Waals surface area contributed by atoms with Crippen LogP contribution in [0.2, 0.25) is 0 Å². The molecule has 104 valence electrons. The minimum atomic E-state index is -0.556. The van der Waals surface area contributed by atoms with E-state index < -0.39 is 5.54 Å². The summed E-state index contributed by atoms with van der Waals surface area (Å²) in [6.45, 7) is 0.952. The first kappa shape index (κ1) is 12.7. The molecule has 3 rings (SSSR count). The Morgan fingerprint density at radius 3 is 2.68 bits per heavy atom. The van der Waals surface area contributed by atoms with E-state index in [0.29, 0.717) is 6.54 Å². The third kappa shape index (κ3) is 2.40. The average molecular weight is 262 g/mol. The molecule has 3 aliphatic rings. The second kappa shape index (κ2) is 4.99. The van der Waals surface area contributed by atoms with Gasteiger partial charge in [-0.2, -0.15) is 0 Å². The Balaban J connectivity index is 1.66. The number of amides is 2. The van der Waals surface area contributed by atoms with Crippen LogP contribution in [0.4, 0.5) is 0 Å². The van der Waals surface area contributed by atoms with E-state index in [1.54, 1.807) is 4.90 Å². The van der Waals surface area contributed by atoms with Crippen molar-refractivity contribution < 1.29 is 9.59 Å². The molecule has 1 aliphatic heterocycles. The van der Waals surface area contributed by atoms with E-state index in [4.69, 9.17) is 0 Å². The third-order valence-electron chi connectivity index (χ3n) is 4.70. The molecule has 0 atom stereocenters. The van der Waals surface area contributed by atoms with Crippen LogP contribution in [0.5, 0.6) is 0 Å². The van der Waals surface area contributed by atoms with Gasteiger partial charge in [0, 0.05) is 6.54 Å². The van der Waals surface area contributed by atoms with Gasteiger partial charge in [-0.3, -0.25) is 9.59 Å². The number of rotatable bonds is 3. The molecule has 19 heavy (non-hydrogen) atoms. The van der Waals surface area contributed by atoms with Crippen LogP contribution < -0.4 is 5.32 Å². The first-order valence-corrected chi connectivity index (χ1v) is 7.48. The van der Waals surface area contributed by atoms with Crippen molar-refractivity contribution in [2.45, 2.75) is 56.9 Å². The van der Waals surface area contributed by atoms with E-state index in [9.17, 15) is 9.59 Å². The average Bonchev–Trinajstić information content (AvgIpc) is 3.04. The van der Waals surface area contributed by atoms with Crippen LogP contribution in [0.15, 0.2) is 11.6 Å². The molecule has 4 nitrogen and oxygen atoms in total. The smallest absolute Gasteiger partial charge is 0.248 e. The topological polar surface area (TPSA) is 49.4 Å². The van der Waals surface area contributed by atoms with Crippen molar-refractivity contribution in [2.75, 3.05) is 13.1 Å². The van der Waals surface area contributed by atoms with Crippen molar-refractivity contribution in [1.29, 1.82) is 0 Å². The number of nitrogens with one attached hydrogen (secondary N) is 1. The maximum atomic E-state index is 12.6. The second-order valence-electron chi connectivity index (χ2n) is 6.07. The highest BCUT2D eigenvalue weighted by atomic mass is 16.2. The standard InChI is InChI=1S/C15H22N2O2/c18-13-11-17(10-7-12-5-1-2-6-12)14(19)15(16-13)8-3-4-9-15/h5H,1-4,6-11H2,(H,16,18). The highest BCUT2D eigenvalue weighted by molar-refractivity contribution is 5.98. The Kier molecular flexibility index (Phi) is 3.33. The Hall–Kier alpha value is -1.32. The highest BCUT2D eigenvalue weighted by Crippen LogP contribution is 2.33. The number of carbonyl (C=O) groups excluding carboxylic acids is 2. The largest absolute Gasteiger partial charge is 0.340 e. The van der Waals surface area contributed by atoms with Gasteiger partial charge in [0.05, 0.1) is 6.54 Å². The fourth-order valence-corrected chi connectivity index (χ4v) is 3.65. The van der Waals surface area contributed by atoms with Crippen LogP contribution >= 0.6 is 0 Å². The van der Waals surface area contributed by atoms with Gasteiger partial charge in [-0.05, 0) is 38.5 Å². The predicted octanol–water partition coefficient (Wildman–Crippen LogP) is 1.76. The van der Waals surface area contributed by atoms with E-state index in [2.05, 4.69) is 11.4 Å². The fraction of sp³-hybridized carbons (Fsp3) is 0.733. The summed E-state index contributed by atoms with van der Waals surface area (Å²) in [4.78, 5) is 26.2. The van der Waals surface area contributed by atoms with E-state index in [0.717, 1.165) is 32.1 Å². The van der Waals surface area contributed by atoms with Gasteiger partial charge >= 0.3 is 0 Å². The summed E-state index contributed by atoms with van der Waals surface area (Å²) >= 11 is 0. The van der Waals surface area contributed by atoms with Gasteiger partial charge in [0.25, 0.3) is 0 Å². The Bertz CT molecular complexity index is 422. The maximum Gasteiger partial charge on any atom is 0.248 e. The maximum absolute atomic E-state index is 12.6. The van der Waals surface area contributed by atoms with Crippen molar-refractivity contribution in [3.63, 3.8) is 0 Å². The van der Waals surface area contributed by atoms with E-state index in [1.165, 1.54) is 24.8 Å². The SMILES string of the molecule is O=C1CN(CCC2=CCCC2)C(=O)C2(CCCC2)N1. The monoisotopic (exact) mass is 262 g/mol. The summed E-state index contributed by atoms with van der Waals surface area (Å²) < 4.78 is 0. The van der Waals surface area contributed by atoms with Crippen LogP contribution in [0.1, 0.15) is 51.4 Å². The molecule has 2 fully saturated rings. The highest BCUT2D eigenvalue weighted by Gasteiger charge is 2.47. The molecular formula is C15H22N2O2. The summed E-state index contributed by atoms with van der Waals surface area (Å²) in [6, 6.07) is 0. The van der Waals surface area contributed by atoms with Gasteiger partial charge in [-0.25, -0.2) is 0 Å². The molecule has 0 bridgehead atoms. The lowest BCUT2D eigenvalue weighted by Gasteiger charge is -2.39. The number of hydrogen-bond acceptors (Lipinski definition) is 2. The minimum absolute atomic E-state index is 0.0156. The zero-order valence-corrected chi connectivity index (χ0v) is 11.4. The molecule has 2 amide bonds. The minimum Gasteiger partial charge on any atom is -0.340 e. The zero-order chi connectivity index (χ0) is 13.3. The van der Waals surface area contributed by atoms with Gasteiger partial charge in [-0.1, -0.05) is 24.5 Å². The van der Waals surface area contributed by atoms with Crippen molar-refractivity contribution >= 4 is 11.8 Å². The van der Waals surface area contributed by atoms with E-state index in [-0.39, 0.29) is 18.4 Å². The van der Waals surface area contributed by atoms with Crippen LogP contribution in [0, 0.1) is 0 Å². The van der Waals surface area contributed by atoms with Crippen molar-refractivity contribution in [1.82, 2.24) is 10.2 Å². The lowest BCUT2D eigenvalue weighted by atomic mass is 9.93. The Morgan fingerprint density at radius 1 is 1.21 bits per heavy atom. The number of hydrogen-bond donors (Lipinski definition) is 1. The molecule has 2 aliphatic carbocycles. The van der Waals surface area contributed by atoms with Crippen LogP contribution in [-0.4, -0.2) is 35.3 Å². The molecule has 4 heteroatoms. The van der Waals surface area contributed by atoms with Crippen molar-refractivity contribution in [3.05, 3.63) is 11.6 Å². The van der Waals surface area contributed by atoms with E-state index >= 15 is 0 Å². The van der Waals surface area contributed by atoms with Gasteiger partial charge in [0.1, 0.15) is 5.54 Å². The van der Waals surface area contributed by atoms with Gasteiger partial charge in [0.15, 0.2) is 0 Å². The summed E-state index contributed by atoms with van der Waals surface area (Å²) in [6.07, 6.45) is 10.5. The Labute approximate surface area is 114 Å². The molecule has 0 radical (unpaired) electrons. The van der Waals surface area contributed by atoms with Gasteiger partial charge in [-0.15, -0.1) is 0 Å². The normalized spacial score (nSPS) is 25.9. The number of allylic oxidation sites excluding steroid dienone is 1. The summed E-state index contributed by atoms with van der Waals surface area (Å²) in [5.74, 6) is 0.171. The van der Waals surface area contributed by atoms with E-state index in [1.807, 2.05) is 0 Å². The summed E-state index contributed by atoms with van der Waals surface area (Å²) in [7, 11) is 0. The molecule has 0 aromatic heterocycles. The second-order valence-corrected chi connectivity index (χ2v) is 6.07. The van der Waals surface area contributed by atoms with Crippen LogP contribution in [-0.2, 0) is 9.59 Å². The predicted molar refractivity (Wildman–Crippen MR) is 72.5 cm³/mol. The summed E-state index contributed by atoms with van der Waals surface area (Å²) in [5, 5.41) is 2.95. The first-order valence-electron chi connectivity index (χ1n) is 7.48. The van der Waals surface area contributed by atoms with Crippen LogP contribution in [0.25, 0.3) is 0 Å². The third-order valence-corrected chi connectivity index (χ3v) is 4.70. The lowest BCUT2D eigenvalue weighted by Crippen LogP contribution is -2.65. The molecule has 1 spiro atoms. The molecule has 0 aromatic carbocycles. The Morgan fingerprint density at radius 2 is 2.00 bits per heavy atom. The number of nitrogens with zero attached hydrogens (tertiary/aromatic N) is 1. The van der Waals surface area contributed by atoms with Crippen molar-refractivity contribution in [3.8, 4) is 0 Å². The molecule has 1 saturated heterocycles. The lowest BCUT2D eigenvalue weighted by molar-refractivity contribution is -0.149. The fourth-order valence-electron chi connectivity index (χ4n) is 3.65. The molecule has 0 unspecified atom stereocenters. The van der Waals surface area contributed by atoms with Crippen molar-refractivity contribution in [2.24, 2.45) is 0 Å².